The summed E-state index contributed by atoms with van der Waals surface area (Å²) in [6, 6.07) is 0. The van der Waals surface area contributed by atoms with E-state index in [1.165, 1.54) is 0 Å². The van der Waals surface area contributed by atoms with E-state index in [9.17, 15) is 18.0 Å². The number of fused-ring (bicyclic) bond motifs is 1. The van der Waals surface area contributed by atoms with E-state index in [1.54, 1.807) is 0 Å². The lowest BCUT2D eigenvalue weighted by molar-refractivity contribution is -0.190. The molecule has 0 aromatic heterocycles. The van der Waals surface area contributed by atoms with Crippen molar-refractivity contribution in [3.8, 4) is 0 Å². The predicted molar refractivity (Wildman–Crippen MR) is 63.4 cm³/mol. The minimum Gasteiger partial charge on any atom is -0.355 e. The molecule has 0 bridgehead atoms. The highest BCUT2D eigenvalue weighted by molar-refractivity contribution is 5.85. The molecule has 0 unspecified atom stereocenters. The van der Waals surface area contributed by atoms with Crippen molar-refractivity contribution in [2.24, 2.45) is 16.2 Å². The minimum atomic E-state index is -4.18. The van der Waals surface area contributed by atoms with Crippen LogP contribution in [0.25, 0.3) is 0 Å². The predicted octanol–water partition coefficient (Wildman–Crippen LogP) is 1.83. The Balaban J connectivity index is 1.64. The smallest absolute Gasteiger partial charge is 0.355 e. The number of rotatable bonds is 4. The van der Waals surface area contributed by atoms with Gasteiger partial charge in [0.2, 0.25) is 5.91 Å². The van der Waals surface area contributed by atoms with Crippen molar-refractivity contribution >= 4 is 5.91 Å². The Morgan fingerprint density at radius 2 is 2.00 bits per heavy atom. The van der Waals surface area contributed by atoms with Gasteiger partial charge in [-0.25, -0.2) is 0 Å². The average molecular weight is 276 g/mol. The first-order valence-electron chi connectivity index (χ1n) is 6.87. The molecule has 3 fully saturated rings. The van der Waals surface area contributed by atoms with Crippen LogP contribution in [0.2, 0.25) is 0 Å². The van der Waals surface area contributed by atoms with E-state index in [4.69, 9.17) is 0 Å². The Morgan fingerprint density at radius 3 is 2.47 bits per heavy atom. The molecule has 108 valence electrons. The molecule has 3 nitrogen and oxygen atoms in total. The molecule has 0 aromatic carbocycles. The van der Waals surface area contributed by atoms with Crippen LogP contribution in [0.15, 0.2) is 0 Å². The number of amides is 1. The fourth-order valence-electron chi connectivity index (χ4n) is 3.65. The van der Waals surface area contributed by atoms with Gasteiger partial charge in [-0.15, -0.1) is 0 Å². The monoisotopic (exact) mass is 276 g/mol. The van der Waals surface area contributed by atoms with Gasteiger partial charge in [-0.3, -0.25) is 4.79 Å². The molecule has 19 heavy (non-hydrogen) atoms. The summed E-state index contributed by atoms with van der Waals surface area (Å²) < 4.78 is 39.3. The first kappa shape index (κ1) is 13.2. The molecule has 0 radical (unpaired) electrons. The van der Waals surface area contributed by atoms with Crippen LogP contribution >= 0.6 is 0 Å². The second-order valence-electron chi connectivity index (χ2n) is 6.46. The fraction of sp³-hybridized carbons (Fsp3) is 0.923. The van der Waals surface area contributed by atoms with Gasteiger partial charge in [0.05, 0.1) is 5.41 Å². The number of alkyl halides is 3. The summed E-state index contributed by atoms with van der Waals surface area (Å²) in [5, 5.41) is 5.61. The highest BCUT2D eigenvalue weighted by Gasteiger charge is 2.81. The number of hydrogen-bond acceptors (Lipinski definition) is 2. The maximum atomic E-state index is 13.1. The Hall–Kier alpha value is -0.780. The van der Waals surface area contributed by atoms with Crippen LogP contribution < -0.4 is 10.6 Å². The molecule has 0 spiro atoms. The highest BCUT2D eigenvalue weighted by atomic mass is 19.4. The third kappa shape index (κ3) is 1.65. The molecule has 3 aliphatic rings. The normalized spacial score (nSPS) is 38.7. The van der Waals surface area contributed by atoms with Crippen molar-refractivity contribution < 1.29 is 18.0 Å². The Labute approximate surface area is 110 Å². The van der Waals surface area contributed by atoms with Crippen LogP contribution in [-0.4, -0.2) is 31.7 Å². The number of carbonyl (C=O) groups is 1. The highest BCUT2D eigenvalue weighted by Crippen LogP contribution is 2.72. The van der Waals surface area contributed by atoms with Crippen molar-refractivity contribution in [1.29, 1.82) is 0 Å². The maximum absolute atomic E-state index is 13.1. The Bertz CT molecular complexity index is 419. The van der Waals surface area contributed by atoms with E-state index in [-0.39, 0.29) is 30.8 Å². The van der Waals surface area contributed by atoms with E-state index in [2.05, 4.69) is 10.6 Å². The Kier molecular flexibility index (Phi) is 2.54. The van der Waals surface area contributed by atoms with E-state index in [0.29, 0.717) is 6.54 Å². The quantitative estimate of drug-likeness (QED) is 0.822. The van der Waals surface area contributed by atoms with Crippen molar-refractivity contribution in [3.05, 3.63) is 0 Å². The van der Waals surface area contributed by atoms with E-state index in [1.807, 2.05) is 6.92 Å². The summed E-state index contributed by atoms with van der Waals surface area (Å²) in [5.74, 6) is -0.0563. The van der Waals surface area contributed by atoms with Gasteiger partial charge in [-0.05, 0) is 25.7 Å². The average Bonchev–Trinajstić information content (AvgIpc) is 3.23. The molecule has 2 N–H and O–H groups in total. The van der Waals surface area contributed by atoms with E-state index in [0.717, 1.165) is 19.3 Å². The summed E-state index contributed by atoms with van der Waals surface area (Å²) in [6.07, 6.45) is -1.52. The van der Waals surface area contributed by atoms with Crippen molar-refractivity contribution in [1.82, 2.24) is 10.6 Å². The molecule has 0 aromatic rings. The fourth-order valence-corrected chi connectivity index (χ4v) is 3.65. The molecular weight excluding hydrogens is 257 g/mol. The minimum absolute atomic E-state index is 0.00864. The molecule has 2 aliphatic carbocycles. The molecule has 1 amide bonds. The van der Waals surface area contributed by atoms with Crippen molar-refractivity contribution in [2.45, 2.75) is 38.8 Å². The van der Waals surface area contributed by atoms with Gasteiger partial charge < -0.3 is 10.6 Å². The van der Waals surface area contributed by atoms with E-state index < -0.39 is 17.0 Å². The summed E-state index contributed by atoms with van der Waals surface area (Å²) in [5.41, 5.74) is -2.68. The van der Waals surface area contributed by atoms with Crippen molar-refractivity contribution in [2.75, 3.05) is 19.6 Å². The zero-order chi connectivity index (χ0) is 13.9. The lowest BCUT2D eigenvalue weighted by Gasteiger charge is -2.22. The van der Waals surface area contributed by atoms with Gasteiger partial charge in [0.1, 0.15) is 0 Å². The Morgan fingerprint density at radius 1 is 1.32 bits per heavy atom. The number of piperidine rings is 1. The topological polar surface area (TPSA) is 41.1 Å². The van der Waals surface area contributed by atoms with Crippen LogP contribution in [0.4, 0.5) is 13.2 Å². The first-order valence-corrected chi connectivity index (χ1v) is 6.87. The molecule has 6 heteroatoms. The zero-order valence-electron chi connectivity index (χ0n) is 11.0. The summed E-state index contributed by atoms with van der Waals surface area (Å²) in [6.45, 7) is 2.45. The second kappa shape index (κ2) is 3.65. The number of halogens is 3. The molecule has 1 saturated heterocycles. The number of hydrogen-bond donors (Lipinski definition) is 2. The summed E-state index contributed by atoms with van der Waals surface area (Å²) >= 11 is 0. The van der Waals surface area contributed by atoms with Crippen LogP contribution in [0, 0.1) is 16.2 Å². The van der Waals surface area contributed by atoms with Crippen LogP contribution in [0.5, 0.6) is 0 Å². The van der Waals surface area contributed by atoms with Crippen LogP contribution in [-0.2, 0) is 4.79 Å². The van der Waals surface area contributed by atoms with Gasteiger partial charge in [-0.2, -0.15) is 13.2 Å². The number of nitrogens with one attached hydrogen (secondary N) is 2. The van der Waals surface area contributed by atoms with E-state index >= 15 is 0 Å². The molecule has 1 heterocycles. The SMILES string of the molecule is CCC1(C(=O)NC[C@@]23CNC[C@]2(C(F)(F)F)C3)CC1. The van der Waals surface area contributed by atoms with Gasteiger partial charge in [-0.1, -0.05) is 6.92 Å². The lowest BCUT2D eigenvalue weighted by Crippen LogP contribution is -2.40. The summed E-state index contributed by atoms with van der Waals surface area (Å²) in [7, 11) is 0. The largest absolute Gasteiger partial charge is 0.396 e. The standard InChI is InChI=1S/C13H19F3N2O/c1-2-10(3-4-10)9(19)18-7-11-5-12(11,8-17-6-11)13(14,15)16/h17H,2-8H2,1H3,(H,18,19)/t11-,12-/m1/s1. The molecular formula is C13H19F3N2O. The third-order valence-electron chi connectivity index (χ3n) is 5.56. The second-order valence-corrected chi connectivity index (χ2v) is 6.46. The first-order chi connectivity index (χ1) is 8.81. The van der Waals surface area contributed by atoms with Gasteiger partial charge in [0, 0.05) is 30.5 Å². The van der Waals surface area contributed by atoms with Crippen molar-refractivity contribution in [3.63, 3.8) is 0 Å². The van der Waals surface area contributed by atoms with Gasteiger partial charge in [0.15, 0.2) is 0 Å². The van der Waals surface area contributed by atoms with Gasteiger partial charge in [0.25, 0.3) is 0 Å². The molecule has 3 rings (SSSR count). The third-order valence-corrected chi connectivity index (χ3v) is 5.56. The number of carbonyl (C=O) groups excluding carboxylic acids is 1. The maximum Gasteiger partial charge on any atom is 0.396 e. The molecule has 2 saturated carbocycles. The van der Waals surface area contributed by atoms with Crippen LogP contribution in [0.3, 0.4) is 0 Å². The van der Waals surface area contributed by atoms with Crippen LogP contribution in [0.1, 0.15) is 32.6 Å². The van der Waals surface area contributed by atoms with Gasteiger partial charge >= 0.3 is 6.18 Å². The summed E-state index contributed by atoms with van der Waals surface area (Å²) in [4.78, 5) is 12.0. The molecule has 1 aliphatic heterocycles. The lowest BCUT2D eigenvalue weighted by atomic mass is 9.94. The zero-order valence-corrected chi connectivity index (χ0v) is 11.0. The molecule has 2 atom stereocenters.